The number of aryl methyl sites for hydroxylation is 1. The summed E-state index contributed by atoms with van der Waals surface area (Å²) in [5, 5.41) is 1.32. The van der Waals surface area contributed by atoms with Crippen molar-refractivity contribution < 1.29 is 0 Å². The molecule has 0 aliphatic rings. The van der Waals surface area contributed by atoms with E-state index in [0.29, 0.717) is 16.3 Å². The average Bonchev–Trinajstić information content (AvgIpc) is 2.23. The summed E-state index contributed by atoms with van der Waals surface area (Å²) in [6, 6.07) is 5.40. The first-order valence-corrected chi connectivity index (χ1v) is 4.95. The van der Waals surface area contributed by atoms with Gasteiger partial charge in [-0.3, -0.25) is 4.79 Å². The van der Waals surface area contributed by atoms with E-state index in [4.69, 9.17) is 17.3 Å². The number of hydrogen-bond acceptors (Lipinski definition) is 2. The van der Waals surface area contributed by atoms with Gasteiger partial charge in [0.1, 0.15) is 0 Å². The molecule has 2 aromatic rings. The molecule has 0 saturated heterocycles. The van der Waals surface area contributed by atoms with Crippen molar-refractivity contribution in [2.45, 2.75) is 6.92 Å². The van der Waals surface area contributed by atoms with Crippen LogP contribution >= 0.6 is 11.6 Å². The van der Waals surface area contributed by atoms with E-state index in [0.717, 1.165) is 10.9 Å². The van der Waals surface area contributed by atoms with Crippen LogP contribution in [0.3, 0.4) is 0 Å². The van der Waals surface area contributed by atoms with Crippen molar-refractivity contribution >= 4 is 28.2 Å². The van der Waals surface area contributed by atoms with E-state index >= 15 is 0 Å². The lowest BCUT2D eigenvalue weighted by Gasteiger charge is -2.11. The molecular formula is C11H11ClN2O. The fourth-order valence-electron chi connectivity index (χ4n) is 1.72. The van der Waals surface area contributed by atoms with Crippen molar-refractivity contribution in [2.75, 3.05) is 5.73 Å². The summed E-state index contributed by atoms with van der Waals surface area (Å²) in [6.07, 6.45) is 0. The second-order valence-electron chi connectivity index (χ2n) is 3.54. The molecule has 0 fully saturated rings. The molecule has 0 bridgehead atoms. The van der Waals surface area contributed by atoms with Crippen molar-refractivity contribution in [2.24, 2.45) is 7.05 Å². The van der Waals surface area contributed by atoms with Crippen LogP contribution in [0, 0.1) is 6.92 Å². The van der Waals surface area contributed by atoms with Gasteiger partial charge >= 0.3 is 0 Å². The molecular weight excluding hydrogens is 212 g/mol. The van der Waals surface area contributed by atoms with E-state index in [1.807, 2.05) is 6.07 Å². The van der Waals surface area contributed by atoms with Crippen LogP contribution in [0.15, 0.2) is 23.0 Å². The van der Waals surface area contributed by atoms with Crippen molar-refractivity contribution in [1.29, 1.82) is 0 Å². The molecule has 0 spiro atoms. The van der Waals surface area contributed by atoms with Gasteiger partial charge in [0.05, 0.1) is 16.2 Å². The molecule has 1 aromatic heterocycles. The summed E-state index contributed by atoms with van der Waals surface area (Å²) in [5.41, 5.74) is 7.58. The average molecular weight is 223 g/mol. The summed E-state index contributed by atoms with van der Waals surface area (Å²) in [6.45, 7) is 1.71. The summed E-state index contributed by atoms with van der Waals surface area (Å²) < 4.78 is 1.56. The minimum atomic E-state index is -0.0812. The van der Waals surface area contributed by atoms with Crippen LogP contribution in [-0.4, -0.2) is 4.57 Å². The Hall–Kier alpha value is -1.48. The lowest BCUT2D eigenvalue weighted by Crippen LogP contribution is -2.21. The van der Waals surface area contributed by atoms with Crippen LogP contribution in [-0.2, 0) is 7.05 Å². The number of pyridine rings is 1. The molecule has 2 N–H and O–H groups in total. The Kier molecular flexibility index (Phi) is 2.20. The predicted octanol–water partition coefficient (Wildman–Crippen LogP) is 2.08. The molecule has 0 aliphatic carbocycles. The largest absolute Gasteiger partial charge is 0.398 e. The maximum atomic E-state index is 11.8. The van der Waals surface area contributed by atoms with Gasteiger partial charge in [0, 0.05) is 18.0 Å². The Morgan fingerprint density at radius 3 is 2.73 bits per heavy atom. The fraction of sp³-hybridized carbons (Fsp3) is 0.182. The number of anilines is 1. The van der Waals surface area contributed by atoms with Crippen LogP contribution in [0.5, 0.6) is 0 Å². The van der Waals surface area contributed by atoms with E-state index in [9.17, 15) is 4.79 Å². The molecule has 78 valence electrons. The highest BCUT2D eigenvalue weighted by molar-refractivity contribution is 6.36. The number of rotatable bonds is 0. The van der Waals surface area contributed by atoms with Crippen LogP contribution in [0.25, 0.3) is 10.9 Å². The number of aromatic nitrogens is 1. The molecule has 0 saturated carbocycles. The van der Waals surface area contributed by atoms with Crippen LogP contribution in [0.1, 0.15) is 5.56 Å². The van der Waals surface area contributed by atoms with E-state index in [2.05, 4.69) is 0 Å². The molecule has 1 aromatic carbocycles. The third-order valence-corrected chi connectivity index (χ3v) is 2.97. The smallest absolute Gasteiger partial charge is 0.255 e. The number of nitrogens with zero attached hydrogens (tertiary/aromatic N) is 1. The minimum Gasteiger partial charge on any atom is -0.398 e. The fourth-order valence-corrected chi connectivity index (χ4v) is 1.99. The first-order chi connectivity index (χ1) is 7.04. The van der Waals surface area contributed by atoms with Gasteiger partial charge in [-0.05, 0) is 19.1 Å². The molecule has 0 radical (unpaired) electrons. The van der Waals surface area contributed by atoms with Crippen molar-refractivity contribution in [3.8, 4) is 0 Å². The molecule has 0 aliphatic heterocycles. The number of nitrogen functional groups attached to an aromatic ring is 1. The van der Waals surface area contributed by atoms with Gasteiger partial charge in [-0.2, -0.15) is 0 Å². The zero-order valence-corrected chi connectivity index (χ0v) is 9.30. The highest BCUT2D eigenvalue weighted by Crippen LogP contribution is 2.28. The Morgan fingerprint density at radius 2 is 2.07 bits per heavy atom. The molecule has 0 amide bonds. The number of benzene rings is 1. The van der Waals surface area contributed by atoms with Crippen LogP contribution < -0.4 is 11.3 Å². The second kappa shape index (κ2) is 3.28. The zero-order valence-electron chi connectivity index (χ0n) is 8.54. The molecule has 15 heavy (non-hydrogen) atoms. The SMILES string of the molecule is Cc1c(N)c2c(Cl)cccc2n(C)c1=O. The molecule has 4 heteroatoms. The first-order valence-electron chi connectivity index (χ1n) is 4.57. The normalized spacial score (nSPS) is 10.9. The third-order valence-electron chi connectivity index (χ3n) is 2.65. The lowest BCUT2D eigenvalue weighted by molar-refractivity contribution is 0.895. The highest BCUT2D eigenvalue weighted by Gasteiger charge is 2.11. The minimum absolute atomic E-state index is 0.0812. The van der Waals surface area contributed by atoms with Gasteiger partial charge in [-0.1, -0.05) is 17.7 Å². The van der Waals surface area contributed by atoms with E-state index in [-0.39, 0.29) is 5.56 Å². The maximum Gasteiger partial charge on any atom is 0.255 e. The third kappa shape index (κ3) is 1.31. The standard InChI is InChI=1S/C11H11ClN2O/c1-6-10(13)9-7(12)4-3-5-8(9)14(2)11(6)15/h3-5H,13H2,1-2H3. The van der Waals surface area contributed by atoms with Gasteiger partial charge in [0.2, 0.25) is 0 Å². The predicted molar refractivity (Wildman–Crippen MR) is 63.3 cm³/mol. The van der Waals surface area contributed by atoms with Crippen molar-refractivity contribution in [3.05, 3.63) is 39.1 Å². The molecule has 2 rings (SSSR count). The number of halogens is 1. The Balaban J connectivity index is 3.15. The van der Waals surface area contributed by atoms with E-state index < -0.39 is 0 Å². The highest BCUT2D eigenvalue weighted by atomic mass is 35.5. The van der Waals surface area contributed by atoms with Gasteiger partial charge in [-0.25, -0.2) is 0 Å². The molecule has 0 unspecified atom stereocenters. The Morgan fingerprint density at radius 1 is 1.40 bits per heavy atom. The number of fused-ring (bicyclic) bond motifs is 1. The maximum absolute atomic E-state index is 11.8. The van der Waals surface area contributed by atoms with Gasteiger partial charge in [0.25, 0.3) is 5.56 Å². The quantitative estimate of drug-likeness (QED) is 0.742. The summed E-state index contributed by atoms with van der Waals surface area (Å²) in [5.74, 6) is 0. The Bertz CT molecular complexity index is 602. The summed E-state index contributed by atoms with van der Waals surface area (Å²) >= 11 is 6.06. The molecule has 0 atom stereocenters. The van der Waals surface area contributed by atoms with E-state index in [1.165, 1.54) is 0 Å². The molecule has 1 heterocycles. The molecule has 3 nitrogen and oxygen atoms in total. The van der Waals surface area contributed by atoms with E-state index in [1.54, 1.807) is 30.7 Å². The van der Waals surface area contributed by atoms with Crippen molar-refractivity contribution in [1.82, 2.24) is 4.57 Å². The van der Waals surface area contributed by atoms with Crippen molar-refractivity contribution in [3.63, 3.8) is 0 Å². The topological polar surface area (TPSA) is 48.0 Å². The van der Waals surface area contributed by atoms with Crippen LogP contribution in [0.4, 0.5) is 5.69 Å². The number of hydrogen-bond donors (Lipinski definition) is 1. The lowest BCUT2D eigenvalue weighted by atomic mass is 10.1. The summed E-state index contributed by atoms with van der Waals surface area (Å²) in [4.78, 5) is 11.8. The Labute approximate surface area is 92.1 Å². The monoisotopic (exact) mass is 222 g/mol. The number of nitrogens with two attached hydrogens (primary N) is 1. The van der Waals surface area contributed by atoms with Gasteiger partial charge in [0.15, 0.2) is 0 Å². The summed E-state index contributed by atoms with van der Waals surface area (Å²) in [7, 11) is 1.72. The zero-order chi connectivity index (χ0) is 11.2. The van der Waals surface area contributed by atoms with Gasteiger partial charge < -0.3 is 10.3 Å². The first kappa shape index (κ1) is 10.1. The van der Waals surface area contributed by atoms with Gasteiger partial charge in [-0.15, -0.1) is 0 Å². The second-order valence-corrected chi connectivity index (χ2v) is 3.94. The van der Waals surface area contributed by atoms with Crippen LogP contribution in [0.2, 0.25) is 5.02 Å².